The molecule has 1 aromatic carbocycles. The molecule has 23 heavy (non-hydrogen) atoms. The number of likely N-dealkylation sites (tertiary alicyclic amines) is 1. The number of para-hydroxylation sites is 2. The van der Waals surface area contributed by atoms with E-state index in [9.17, 15) is 14.7 Å². The predicted molar refractivity (Wildman–Crippen MR) is 86.3 cm³/mol. The van der Waals surface area contributed by atoms with Crippen molar-refractivity contribution in [1.29, 1.82) is 0 Å². The lowest BCUT2D eigenvalue weighted by Gasteiger charge is -2.20. The standard InChI is InChI=1S/C17H24N2O4/c20-14-7-3-4-8-15(14)23-13-16(21)18-10-6-12-19-11-5-1-2-9-17(19)22/h3-4,7-8,20H,1-2,5-6,9-13H2,(H,18,21). The van der Waals surface area contributed by atoms with Crippen molar-refractivity contribution in [2.45, 2.75) is 32.1 Å². The highest BCUT2D eigenvalue weighted by molar-refractivity contribution is 5.77. The molecule has 1 saturated heterocycles. The van der Waals surface area contributed by atoms with Gasteiger partial charge in [0.2, 0.25) is 5.91 Å². The Hall–Kier alpha value is -2.24. The van der Waals surface area contributed by atoms with E-state index in [1.807, 2.05) is 4.90 Å². The molecule has 0 saturated carbocycles. The molecule has 1 aliphatic rings. The molecule has 2 amide bonds. The van der Waals surface area contributed by atoms with E-state index < -0.39 is 0 Å². The molecular weight excluding hydrogens is 296 g/mol. The van der Waals surface area contributed by atoms with Crippen LogP contribution in [-0.4, -0.2) is 48.1 Å². The molecule has 0 spiro atoms. The summed E-state index contributed by atoms with van der Waals surface area (Å²) in [5.41, 5.74) is 0. The second-order valence-electron chi connectivity index (χ2n) is 5.65. The average molecular weight is 320 g/mol. The van der Waals surface area contributed by atoms with Crippen LogP contribution < -0.4 is 10.1 Å². The van der Waals surface area contributed by atoms with Gasteiger partial charge in [-0.1, -0.05) is 18.6 Å². The van der Waals surface area contributed by atoms with Crippen molar-refractivity contribution in [2.24, 2.45) is 0 Å². The molecule has 0 aliphatic carbocycles. The second kappa shape index (κ2) is 9.02. The Morgan fingerprint density at radius 3 is 2.91 bits per heavy atom. The van der Waals surface area contributed by atoms with E-state index in [2.05, 4.69) is 5.32 Å². The molecule has 0 radical (unpaired) electrons. The third-order valence-electron chi connectivity index (χ3n) is 3.82. The Labute approximate surface area is 136 Å². The lowest BCUT2D eigenvalue weighted by atomic mass is 10.2. The van der Waals surface area contributed by atoms with Gasteiger partial charge in [0.05, 0.1) is 0 Å². The van der Waals surface area contributed by atoms with Gasteiger partial charge in [0, 0.05) is 26.1 Å². The molecule has 6 nitrogen and oxygen atoms in total. The molecule has 2 rings (SSSR count). The summed E-state index contributed by atoms with van der Waals surface area (Å²) in [5.74, 6) is 0.282. The summed E-state index contributed by atoms with van der Waals surface area (Å²) >= 11 is 0. The number of carbonyl (C=O) groups is 2. The van der Waals surface area contributed by atoms with E-state index in [1.165, 1.54) is 6.07 Å². The van der Waals surface area contributed by atoms with Gasteiger partial charge in [0.25, 0.3) is 5.91 Å². The van der Waals surface area contributed by atoms with Gasteiger partial charge in [-0.25, -0.2) is 0 Å². The maximum atomic E-state index is 11.8. The summed E-state index contributed by atoms with van der Waals surface area (Å²) in [6.07, 6.45) is 4.53. The molecule has 1 aliphatic heterocycles. The number of benzene rings is 1. The zero-order chi connectivity index (χ0) is 16.5. The summed E-state index contributed by atoms with van der Waals surface area (Å²) < 4.78 is 5.25. The molecule has 126 valence electrons. The minimum Gasteiger partial charge on any atom is -0.504 e. The number of phenols is 1. The van der Waals surface area contributed by atoms with E-state index >= 15 is 0 Å². The van der Waals surface area contributed by atoms with E-state index in [-0.39, 0.29) is 29.9 Å². The average Bonchev–Trinajstić information content (AvgIpc) is 2.75. The van der Waals surface area contributed by atoms with Gasteiger partial charge in [0.15, 0.2) is 18.1 Å². The number of phenolic OH excluding ortho intramolecular Hbond substituents is 1. The molecule has 6 heteroatoms. The van der Waals surface area contributed by atoms with Crippen LogP contribution in [0.3, 0.4) is 0 Å². The third-order valence-corrected chi connectivity index (χ3v) is 3.82. The highest BCUT2D eigenvalue weighted by Crippen LogP contribution is 2.23. The van der Waals surface area contributed by atoms with E-state index in [0.29, 0.717) is 19.5 Å². The lowest BCUT2D eigenvalue weighted by molar-refractivity contribution is -0.130. The van der Waals surface area contributed by atoms with Crippen LogP contribution in [0.15, 0.2) is 24.3 Å². The molecule has 0 atom stereocenters. The van der Waals surface area contributed by atoms with Crippen molar-refractivity contribution in [1.82, 2.24) is 10.2 Å². The number of nitrogens with zero attached hydrogens (tertiary/aromatic N) is 1. The van der Waals surface area contributed by atoms with Crippen LogP contribution in [0.5, 0.6) is 11.5 Å². The van der Waals surface area contributed by atoms with Crippen LogP contribution in [0.2, 0.25) is 0 Å². The molecule has 0 unspecified atom stereocenters. The van der Waals surface area contributed by atoms with Gasteiger partial charge in [-0.05, 0) is 31.4 Å². The largest absolute Gasteiger partial charge is 0.504 e. The third kappa shape index (κ3) is 5.81. The van der Waals surface area contributed by atoms with Crippen LogP contribution >= 0.6 is 0 Å². The fourth-order valence-electron chi connectivity index (χ4n) is 2.55. The van der Waals surface area contributed by atoms with Gasteiger partial charge in [0.1, 0.15) is 0 Å². The normalized spacial score (nSPS) is 15.1. The minimum absolute atomic E-state index is 0.0139. The van der Waals surface area contributed by atoms with Crippen LogP contribution in [0.25, 0.3) is 0 Å². The zero-order valence-electron chi connectivity index (χ0n) is 13.3. The first-order valence-corrected chi connectivity index (χ1v) is 8.12. The summed E-state index contributed by atoms with van der Waals surface area (Å²) in [6.45, 7) is 1.87. The summed E-state index contributed by atoms with van der Waals surface area (Å²) in [7, 11) is 0. The van der Waals surface area contributed by atoms with E-state index in [0.717, 1.165) is 32.2 Å². The lowest BCUT2D eigenvalue weighted by Crippen LogP contribution is -2.35. The Morgan fingerprint density at radius 1 is 1.26 bits per heavy atom. The van der Waals surface area contributed by atoms with Crippen molar-refractivity contribution in [3.63, 3.8) is 0 Å². The molecule has 0 aromatic heterocycles. The summed E-state index contributed by atoms with van der Waals surface area (Å²) in [6, 6.07) is 6.52. The quantitative estimate of drug-likeness (QED) is 0.749. The summed E-state index contributed by atoms with van der Waals surface area (Å²) in [4.78, 5) is 25.4. The van der Waals surface area contributed by atoms with Crippen LogP contribution in [0.4, 0.5) is 0 Å². The maximum absolute atomic E-state index is 11.8. The van der Waals surface area contributed by atoms with Gasteiger partial charge in [-0.2, -0.15) is 0 Å². The SMILES string of the molecule is O=C(COc1ccccc1O)NCCCN1CCCCCC1=O. The molecule has 1 fully saturated rings. The van der Waals surface area contributed by atoms with Crippen LogP contribution in [0, 0.1) is 0 Å². The van der Waals surface area contributed by atoms with Crippen LogP contribution in [0.1, 0.15) is 32.1 Å². The number of hydrogen-bond acceptors (Lipinski definition) is 4. The monoisotopic (exact) mass is 320 g/mol. The number of amides is 2. The van der Waals surface area contributed by atoms with Crippen molar-refractivity contribution >= 4 is 11.8 Å². The first kappa shape index (κ1) is 17.1. The Morgan fingerprint density at radius 2 is 2.09 bits per heavy atom. The maximum Gasteiger partial charge on any atom is 0.257 e. The zero-order valence-corrected chi connectivity index (χ0v) is 13.3. The molecule has 1 heterocycles. The van der Waals surface area contributed by atoms with E-state index in [4.69, 9.17) is 4.74 Å². The summed E-state index contributed by atoms with van der Waals surface area (Å²) in [5, 5.41) is 12.3. The first-order valence-electron chi connectivity index (χ1n) is 8.12. The fraction of sp³-hybridized carbons (Fsp3) is 0.529. The number of hydrogen-bond donors (Lipinski definition) is 2. The minimum atomic E-state index is -0.240. The van der Waals surface area contributed by atoms with E-state index in [1.54, 1.807) is 18.2 Å². The second-order valence-corrected chi connectivity index (χ2v) is 5.65. The fourth-order valence-corrected chi connectivity index (χ4v) is 2.55. The molecule has 1 aromatic rings. The highest BCUT2D eigenvalue weighted by Gasteiger charge is 2.15. The van der Waals surface area contributed by atoms with Crippen molar-refractivity contribution in [3.8, 4) is 11.5 Å². The van der Waals surface area contributed by atoms with Gasteiger partial charge < -0.3 is 20.1 Å². The smallest absolute Gasteiger partial charge is 0.257 e. The predicted octanol–water partition coefficient (Wildman–Crippen LogP) is 1.68. The first-order chi connectivity index (χ1) is 11.2. The van der Waals surface area contributed by atoms with Gasteiger partial charge >= 0.3 is 0 Å². The topological polar surface area (TPSA) is 78.9 Å². The van der Waals surface area contributed by atoms with Crippen molar-refractivity contribution < 1.29 is 19.4 Å². The Bertz CT molecular complexity index is 533. The highest BCUT2D eigenvalue weighted by atomic mass is 16.5. The van der Waals surface area contributed by atoms with Gasteiger partial charge in [-0.3, -0.25) is 9.59 Å². The van der Waals surface area contributed by atoms with Gasteiger partial charge in [-0.15, -0.1) is 0 Å². The van der Waals surface area contributed by atoms with Crippen molar-refractivity contribution in [3.05, 3.63) is 24.3 Å². The number of aromatic hydroxyl groups is 1. The Kier molecular flexibility index (Phi) is 6.72. The number of nitrogens with one attached hydrogen (secondary N) is 1. The molecular formula is C17H24N2O4. The van der Waals surface area contributed by atoms with Crippen LogP contribution in [-0.2, 0) is 9.59 Å². The number of carbonyl (C=O) groups excluding carboxylic acids is 2. The molecule has 2 N–H and O–H groups in total. The number of ether oxygens (including phenoxy) is 1. The number of rotatable bonds is 7. The molecule has 0 bridgehead atoms. The Balaban J connectivity index is 1.61. The van der Waals surface area contributed by atoms with Crippen molar-refractivity contribution in [2.75, 3.05) is 26.2 Å².